The second-order valence-corrected chi connectivity index (χ2v) is 7.24. The number of ether oxygens (including phenoxy) is 1. The Morgan fingerprint density at radius 2 is 2.08 bits per heavy atom. The maximum Gasteiger partial charge on any atom is 0.232 e. The molecular weight excluding hydrogens is 332 g/mol. The van der Waals surface area contributed by atoms with Crippen LogP contribution in [0.1, 0.15) is 44.0 Å². The number of hydrogen-bond donors (Lipinski definition) is 0. The summed E-state index contributed by atoms with van der Waals surface area (Å²) in [6.45, 7) is 6.08. The molecule has 5 rings (SSSR count). The molecular formula is C18H16N6O2. The molecule has 26 heavy (non-hydrogen) atoms. The fourth-order valence-electron chi connectivity index (χ4n) is 3.00. The van der Waals surface area contributed by atoms with Gasteiger partial charge in [-0.1, -0.05) is 25.9 Å². The minimum absolute atomic E-state index is 0.220. The maximum absolute atomic E-state index is 5.87. The monoisotopic (exact) mass is 348 g/mol. The lowest BCUT2D eigenvalue weighted by atomic mass is 9.97. The molecule has 0 saturated heterocycles. The van der Waals surface area contributed by atoms with Crippen molar-refractivity contribution in [2.45, 2.75) is 32.3 Å². The van der Waals surface area contributed by atoms with Gasteiger partial charge in [-0.05, 0) is 18.2 Å². The van der Waals surface area contributed by atoms with E-state index in [4.69, 9.17) is 14.4 Å². The fourth-order valence-corrected chi connectivity index (χ4v) is 3.00. The van der Waals surface area contributed by atoms with Gasteiger partial charge >= 0.3 is 0 Å². The highest BCUT2D eigenvalue weighted by Crippen LogP contribution is 2.42. The molecule has 0 radical (unpaired) electrons. The lowest BCUT2D eigenvalue weighted by Gasteiger charge is -2.17. The molecule has 3 aromatic heterocycles. The van der Waals surface area contributed by atoms with E-state index in [2.05, 4.69) is 20.1 Å². The highest BCUT2D eigenvalue weighted by molar-refractivity contribution is 5.74. The Kier molecular flexibility index (Phi) is 2.95. The minimum Gasteiger partial charge on any atom is -0.480 e. The molecule has 2 bridgehead atoms. The summed E-state index contributed by atoms with van der Waals surface area (Å²) in [6.07, 6.45) is 10.6. The summed E-state index contributed by atoms with van der Waals surface area (Å²) in [7, 11) is 0. The maximum atomic E-state index is 5.87. The van der Waals surface area contributed by atoms with Gasteiger partial charge < -0.3 is 9.26 Å². The van der Waals surface area contributed by atoms with Gasteiger partial charge in [-0.2, -0.15) is 10.1 Å². The third kappa shape index (κ3) is 2.18. The average Bonchev–Trinajstić information content (AvgIpc) is 3.33. The summed E-state index contributed by atoms with van der Waals surface area (Å²) >= 11 is 0. The van der Waals surface area contributed by atoms with E-state index in [1.165, 1.54) is 0 Å². The summed E-state index contributed by atoms with van der Waals surface area (Å²) in [6, 6.07) is 0. The average molecular weight is 348 g/mol. The predicted octanol–water partition coefficient (Wildman–Crippen LogP) is 2.99. The van der Waals surface area contributed by atoms with Gasteiger partial charge in [-0.3, -0.25) is 4.98 Å². The van der Waals surface area contributed by atoms with E-state index in [0.717, 1.165) is 17.0 Å². The Bertz CT molecular complexity index is 1060. The van der Waals surface area contributed by atoms with Gasteiger partial charge in [0.05, 0.1) is 11.9 Å². The first-order chi connectivity index (χ1) is 12.5. The van der Waals surface area contributed by atoms with E-state index in [9.17, 15) is 0 Å². The normalized spacial score (nSPS) is 17.8. The van der Waals surface area contributed by atoms with Crippen LogP contribution in [0.15, 0.2) is 41.0 Å². The van der Waals surface area contributed by atoms with Crippen LogP contribution < -0.4 is 0 Å². The van der Waals surface area contributed by atoms with Crippen molar-refractivity contribution in [3.8, 4) is 17.3 Å². The largest absolute Gasteiger partial charge is 0.480 e. The highest BCUT2D eigenvalue weighted by Gasteiger charge is 2.34. The number of hydrogen-bond acceptors (Lipinski definition) is 7. The van der Waals surface area contributed by atoms with Crippen molar-refractivity contribution < 1.29 is 9.26 Å². The van der Waals surface area contributed by atoms with Gasteiger partial charge in [0.2, 0.25) is 11.7 Å². The van der Waals surface area contributed by atoms with E-state index in [-0.39, 0.29) is 11.5 Å². The highest BCUT2D eigenvalue weighted by atomic mass is 16.5. The number of rotatable bonds is 2. The van der Waals surface area contributed by atoms with Crippen LogP contribution in [0.5, 0.6) is 0 Å². The van der Waals surface area contributed by atoms with E-state index >= 15 is 0 Å². The molecule has 1 unspecified atom stereocenters. The standard InChI is InChI=1S/C18H16N6O2/c1-18(2,3)17-21-16(23-26-17)14-11-8-10-4-5-12(25-10)15(11)24(22-14)13-9-19-6-7-20-13/h4-9,12H,1-3H3. The SMILES string of the molecule is CC(C)(C)c1nc(-c2nn(-c3cnccn3)c3c2C=C2C=CC3O2)no1. The molecule has 0 fully saturated rings. The van der Waals surface area contributed by atoms with Gasteiger partial charge in [-0.15, -0.1) is 0 Å². The Balaban J connectivity index is 1.72. The molecule has 0 saturated carbocycles. The second kappa shape index (κ2) is 5.10. The van der Waals surface area contributed by atoms with E-state index in [0.29, 0.717) is 23.2 Å². The zero-order chi connectivity index (χ0) is 17.9. The Morgan fingerprint density at radius 3 is 2.81 bits per heavy atom. The van der Waals surface area contributed by atoms with Gasteiger partial charge in [0.1, 0.15) is 11.5 Å². The molecule has 2 aliphatic heterocycles. The van der Waals surface area contributed by atoms with E-state index < -0.39 is 0 Å². The van der Waals surface area contributed by atoms with Crippen molar-refractivity contribution in [3.05, 3.63) is 53.6 Å². The van der Waals surface area contributed by atoms with Gasteiger partial charge in [0.25, 0.3) is 0 Å². The quantitative estimate of drug-likeness (QED) is 0.703. The number of nitrogens with zero attached hydrogens (tertiary/aromatic N) is 6. The molecule has 8 heteroatoms. The molecule has 0 aliphatic carbocycles. The molecule has 0 spiro atoms. The van der Waals surface area contributed by atoms with E-state index in [1.807, 2.05) is 39.0 Å². The van der Waals surface area contributed by atoms with E-state index in [1.54, 1.807) is 23.3 Å². The summed E-state index contributed by atoms with van der Waals surface area (Å²) in [5.41, 5.74) is 2.19. The first-order valence-electron chi connectivity index (χ1n) is 8.31. The first-order valence-corrected chi connectivity index (χ1v) is 8.31. The minimum atomic E-state index is -0.235. The molecule has 5 heterocycles. The van der Waals surface area contributed by atoms with Crippen LogP contribution in [-0.4, -0.2) is 29.9 Å². The first kappa shape index (κ1) is 15.0. The summed E-state index contributed by atoms with van der Waals surface area (Å²) in [4.78, 5) is 13.1. The molecule has 2 aliphatic rings. The van der Waals surface area contributed by atoms with Crippen LogP contribution in [0.25, 0.3) is 23.4 Å². The summed E-state index contributed by atoms with van der Waals surface area (Å²) in [5, 5.41) is 8.87. The molecule has 0 amide bonds. The van der Waals surface area contributed by atoms with Gasteiger partial charge in [0, 0.05) is 23.4 Å². The topological polar surface area (TPSA) is 91.8 Å². The third-order valence-electron chi connectivity index (χ3n) is 4.26. The summed E-state index contributed by atoms with van der Waals surface area (Å²) < 4.78 is 13.1. The van der Waals surface area contributed by atoms with Crippen LogP contribution >= 0.6 is 0 Å². The molecule has 0 N–H and O–H groups in total. The zero-order valence-electron chi connectivity index (χ0n) is 14.5. The zero-order valence-corrected chi connectivity index (χ0v) is 14.5. The van der Waals surface area contributed by atoms with Crippen LogP contribution in [-0.2, 0) is 10.2 Å². The molecule has 3 aromatic rings. The third-order valence-corrected chi connectivity index (χ3v) is 4.26. The van der Waals surface area contributed by atoms with Crippen molar-refractivity contribution in [3.63, 3.8) is 0 Å². The molecule has 130 valence electrons. The number of fused-ring (bicyclic) bond motifs is 4. The lowest BCUT2D eigenvalue weighted by molar-refractivity contribution is 0.176. The lowest BCUT2D eigenvalue weighted by Crippen LogP contribution is -2.11. The second-order valence-electron chi connectivity index (χ2n) is 7.24. The summed E-state index contributed by atoms with van der Waals surface area (Å²) in [5.74, 6) is 2.42. The van der Waals surface area contributed by atoms with Crippen LogP contribution in [0.4, 0.5) is 0 Å². The predicted molar refractivity (Wildman–Crippen MR) is 92.1 cm³/mol. The Morgan fingerprint density at radius 1 is 1.19 bits per heavy atom. The number of aromatic nitrogens is 6. The smallest absolute Gasteiger partial charge is 0.232 e. The van der Waals surface area contributed by atoms with Crippen LogP contribution in [0.3, 0.4) is 0 Å². The fraction of sp³-hybridized carbons (Fsp3) is 0.278. The Hall–Kier alpha value is -3.29. The van der Waals surface area contributed by atoms with Crippen molar-refractivity contribution in [1.29, 1.82) is 0 Å². The molecule has 8 nitrogen and oxygen atoms in total. The van der Waals surface area contributed by atoms with Crippen molar-refractivity contribution >= 4 is 6.08 Å². The van der Waals surface area contributed by atoms with Crippen LogP contribution in [0, 0.1) is 0 Å². The van der Waals surface area contributed by atoms with Crippen molar-refractivity contribution in [2.24, 2.45) is 0 Å². The van der Waals surface area contributed by atoms with Gasteiger partial charge in [-0.25, -0.2) is 9.67 Å². The molecule has 0 aromatic carbocycles. The molecule has 1 atom stereocenters. The van der Waals surface area contributed by atoms with Crippen molar-refractivity contribution in [2.75, 3.05) is 0 Å². The number of allylic oxidation sites excluding steroid dienone is 1. The van der Waals surface area contributed by atoms with Crippen molar-refractivity contribution in [1.82, 2.24) is 29.9 Å². The Labute approximate surface area is 149 Å². The van der Waals surface area contributed by atoms with Crippen LogP contribution in [0.2, 0.25) is 0 Å². The van der Waals surface area contributed by atoms with Gasteiger partial charge in [0.15, 0.2) is 11.9 Å².